The summed E-state index contributed by atoms with van der Waals surface area (Å²) in [6.45, 7) is 10.3. The van der Waals surface area contributed by atoms with E-state index in [2.05, 4.69) is 32.6 Å². The molecule has 2 aliphatic rings. The van der Waals surface area contributed by atoms with Crippen LogP contribution < -0.4 is 4.90 Å². The molecule has 0 aromatic heterocycles. The first-order valence-electron chi connectivity index (χ1n) is 9.10. The van der Waals surface area contributed by atoms with Gasteiger partial charge in [0.1, 0.15) is 5.82 Å². The van der Waals surface area contributed by atoms with Crippen molar-refractivity contribution in [3.05, 3.63) is 30.1 Å². The van der Waals surface area contributed by atoms with Crippen molar-refractivity contribution in [1.82, 2.24) is 4.90 Å². The number of rotatable bonds is 3. The van der Waals surface area contributed by atoms with Gasteiger partial charge in [-0.15, -0.1) is 0 Å². The Bertz CT molecular complexity index is 613. The van der Waals surface area contributed by atoms with Gasteiger partial charge in [0.2, 0.25) is 5.91 Å². The van der Waals surface area contributed by atoms with Crippen molar-refractivity contribution in [2.75, 3.05) is 18.0 Å². The van der Waals surface area contributed by atoms with Gasteiger partial charge in [-0.1, -0.05) is 19.9 Å². The van der Waals surface area contributed by atoms with Gasteiger partial charge >= 0.3 is 0 Å². The van der Waals surface area contributed by atoms with E-state index in [0.29, 0.717) is 24.3 Å². The summed E-state index contributed by atoms with van der Waals surface area (Å²) in [6, 6.07) is 7.32. The third-order valence-corrected chi connectivity index (χ3v) is 5.46. The molecule has 2 fully saturated rings. The molecule has 2 saturated heterocycles. The highest BCUT2D eigenvalue weighted by Gasteiger charge is 2.48. The summed E-state index contributed by atoms with van der Waals surface area (Å²) in [5.74, 6) is 0.967. The maximum absolute atomic E-state index is 13.7. The molecule has 1 amide bonds. The zero-order valence-electron chi connectivity index (χ0n) is 15.3. The van der Waals surface area contributed by atoms with E-state index in [0.717, 1.165) is 31.6 Å². The van der Waals surface area contributed by atoms with Crippen LogP contribution in [0.1, 0.15) is 47.0 Å². The number of fused-ring (bicyclic) bond motifs is 1. The van der Waals surface area contributed by atoms with E-state index < -0.39 is 0 Å². The van der Waals surface area contributed by atoms with E-state index in [1.54, 1.807) is 12.1 Å². The highest BCUT2D eigenvalue weighted by Crippen LogP contribution is 2.44. The van der Waals surface area contributed by atoms with Gasteiger partial charge in [-0.05, 0) is 56.7 Å². The van der Waals surface area contributed by atoms with E-state index in [9.17, 15) is 9.18 Å². The molecule has 2 atom stereocenters. The lowest BCUT2D eigenvalue weighted by molar-refractivity contribution is -0.133. The molecule has 0 aliphatic carbocycles. The molecule has 0 spiro atoms. The zero-order chi connectivity index (χ0) is 17.5. The number of likely N-dealkylation sites (tertiary alicyclic amines) is 1. The molecule has 24 heavy (non-hydrogen) atoms. The third-order valence-electron chi connectivity index (χ3n) is 5.46. The molecule has 2 heterocycles. The second-order valence-electron chi connectivity index (χ2n) is 8.42. The molecule has 1 aromatic carbocycles. The lowest BCUT2D eigenvalue weighted by atomic mass is 9.89. The maximum atomic E-state index is 13.7. The molecule has 0 bridgehead atoms. The van der Waals surface area contributed by atoms with Crippen LogP contribution >= 0.6 is 0 Å². The monoisotopic (exact) mass is 332 g/mol. The number of carbonyl (C=O) groups is 1. The minimum atomic E-state index is -0.184. The fourth-order valence-electron chi connectivity index (χ4n) is 4.62. The molecule has 2 aliphatic heterocycles. The summed E-state index contributed by atoms with van der Waals surface area (Å²) in [5.41, 5.74) is 0.953. The van der Waals surface area contributed by atoms with Crippen LogP contribution in [0.5, 0.6) is 0 Å². The molecule has 3 nitrogen and oxygen atoms in total. The molecule has 0 unspecified atom stereocenters. The van der Waals surface area contributed by atoms with Gasteiger partial charge < -0.3 is 9.80 Å². The summed E-state index contributed by atoms with van der Waals surface area (Å²) in [7, 11) is 0. The number of nitrogens with zero attached hydrogens (tertiary/aromatic N) is 2. The van der Waals surface area contributed by atoms with Crippen LogP contribution in [0.25, 0.3) is 0 Å². The minimum absolute atomic E-state index is 0.0137. The average molecular weight is 332 g/mol. The molecule has 132 valence electrons. The molecule has 0 radical (unpaired) electrons. The number of hydrogen-bond acceptors (Lipinski definition) is 2. The summed E-state index contributed by atoms with van der Waals surface area (Å²) in [6.07, 6.45) is 2.64. The predicted molar refractivity (Wildman–Crippen MR) is 95.5 cm³/mol. The normalized spacial score (nSPS) is 25.9. The van der Waals surface area contributed by atoms with E-state index in [-0.39, 0.29) is 17.3 Å². The number of benzene rings is 1. The van der Waals surface area contributed by atoms with Gasteiger partial charge in [-0.25, -0.2) is 4.39 Å². The van der Waals surface area contributed by atoms with Crippen LogP contribution in [0.15, 0.2) is 24.3 Å². The average Bonchev–Trinajstić information content (AvgIpc) is 2.75. The summed E-state index contributed by atoms with van der Waals surface area (Å²) in [5, 5.41) is 0. The summed E-state index contributed by atoms with van der Waals surface area (Å²) in [4.78, 5) is 16.9. The minimum Gasteiger partial charge on any atom is -0.363 e. The Morgan fingerprint density at radius 1 is 1.38 bits per heavy atom. The SMILES string of the molecule is CC(C)CC(=O)N1CC[C@H]2[C@@H](C1)CC(C)(C)N2c1cccc(F)c1. The molecule has 1 aromatic rings. The standard InChI is InChI=1S/C20H29FN2O/c1-14(2)10-19(24)22-9-8-18-15(13-22)12-20(3,4)23(18)17-7-5-6-16(21)11-17/h5-7,11,14-15,18H,8-10,12-13H2,1-4H3/t15-,18+/m1/s1. The first-order valence-corrected chi connectivity index (χ1v) is 9.10. The topological polar surface area (TPSA) is 23.6 Å². The van der Waals surface area contributed by atoms with Crippen LogP contribution in [0.2, 0.25) is 0 Å². The van der Waals surface area contributed by atoms with E-state index >= 15 is 0 Å². The van der Waals surface area contributed by atoms with Crippen LogP contribution in [0.3, 0.4) is 0 Å². The zero-order valence-corrected chi connectivity index (χ0v) is 15.3. The van der Waals surface area contributed by atoms with Crippen LogP contribution in [-0.2, 0) is 4.79 Å². The van der Waals surface area contributed by atoms with Gasteiger partial charge in [-0.3, -0.25) is 4.79 Å². The van der Waals surface area contributed by atoms with Crippen molar-refractivity contribution >= 4 is 11.6 Å². The second kappa shape index (κ2) is 6.38. The van der Waals surface area contributed by atoms with Crippen molar-refractivity contribution < 1.29 is 9.18 Å². The quantitative estimate of drug-likeness (QED) is 0.833. The third kappa shape index (κ3) is 3.28. The van der Waals surface area contributed by atoms with Crippen LogP contribution in [-0.4, -0.2) is 35.5 Å². The molecule has 0 saturated carbocycles. The Kier molecular flexibility index (Phi) is 4.58. The molecule has 3 rings (SSSR count). The van der Waals surface area contributed by atoms with E-state index in [1.165, 1.54) is 6.07 Å². The number of amides is 1. The first kappa shape index (κ1) is 17.2. The molecular formula is C20H29FN2O. The lowest BCUT2D eigenvalue weighted by Crippen LogP contribution is -2.50. The molecule has 0 N–H and O–H groups in total. The van der Waals surface area contributed by atoms with Crippen molar-refractivity contribution in [1.29, 1.82) is 0 Å². The van der Waals surface area contributed by atoms with Crippen molar-refractivity contribution in [2.45, 2.75) is 58.5 Å². The number of anilines is 1. The number of carbonyl (C=O) groups excluding carboxylic acids is 1. The van der Waals surface area contributed by atoms with Gasteiger partial charge in [-0.2, -0.15) is 0 Å². The van der Waals surface area contributed by atoms with Crippen molar-refractivity contribution in [3.8, 4) is 0 Å². The Balaban J connectivity index is 1.78. The first-order chi connectivity index (χ1) is 11.3. The largest absolute Gasteiger partial charge is 0.363 e. The smallest absolute Gasteiger partial charge is 0.222 e. The Morgan fingerprint density at radius 2 is 2.12 bits per heavy atom. The van der Waals surface area contributed by atoms with Crippen molar-refractivity contribution in [2.24, 2.45) is 11.8 Å². The van der Waals surface area contributed by atoms with Gasteiger partial charge in [0.25, 0.3) is 0 Å². The summed E-state index contributed by atoms with van der Waals surface area (Å²) >= 11 is 0. The highest BCUT2D eigenvalue weighted by molar-refractivity contribution is 5.76. The Morgan fingerprint density at radius 3 is 2.79 bits per heavy atom. The maximum Gasteiger partial charge on any atom is 0.222 e. The Hall–Kier alpha value is -1.58. The lowest BCUT2D eigenvalue weighted by Gasteiger charge is -2.42. The fraction of sp³-hybridized carbons (Fsp3) is 0.650. The van der Waals surface area contributed by atoms with Crippen LogP contribution in [0.4, 0.5) is 10.1 Å². The van der Waals surface area contributed by atoms with E-state index in [4.69, 9.17) is 0 Å². The number of halogens is 1. The van der Waals surface area contributed by atoms with Gasteiger partial charge in [0.05, 0.1) is 0 Å². The number of hydrogen-bond donors (Lipinski definition) is 0. The molecule has 4 heteroatoms. The Labute approximate surface area is 144 Å². The van der Waals surface area contributed by atoms with Crippen molar-refractivity contribution in [3.63, 3.8) is 0 Å². The van der Waals surface area contributed by atoms with Gasteiger partial charge in [0, 0.05) is 36.8 Å². The van der Waals surface area contributed by atoms with E-state index in [1.807, 2.05) is 11.0 Å². The van der Waals surface area contributed by atoms with Crippen LogP contribution in [0, 0.1) is 17.7 Å². The second-order valence-corrected chi connectivity index (χ2v) is 8.42. The number of piperidine rings is 1. The van der Waals surface area contributed by atoms with Gasteiger partial charge in [0.15, 0.2) is 0 Å². The predicted octanol–water partition coefficient (Wildman–Crippen LogP) is 4.08. The summed E-state index contributed by atoms with van der Waals surface area (Å²) < 4.78 is 13.7. The molecular weight excluding hydrogens is 303 g/mol. The fourth-order valence-corrected chi connectivity index (χ4v) is 4.62. The highest BCUT2D eigenvalue weighted by atomic mass is 19.1.